The van der Waals surface area contributed by atoms with Crippen molar-refractivity contribution in [2.75, 3.05) is 7.05 Å². The monoisotopic (exact) mass is 299 g/mol. The van der Waals surface area contributed by atoms with Crippen molar-refractivity contribution in [3.8, 4) is 0 Å². The molecule has 0 N–H and O–H groups in total. The number of fused-ring (bicyclic) bond motifs is 1. The van der Waals surface area contributed by atoms with Crippen LogP contribution in [0.15, 0.2) is 35.4 Å². The molecule has 1 amide bonds. The molecule has 1 aliphatic carbocycles. The number of nitrogens with zero attached hydrogens (tertiary/aromatic N) is 3. The van der Waals surface area contributed by atoms with Gasteiger partial charge in [-0.3, -0.25) is 14.0 Å². The average molecular weight is 299 g/mol. The maximum atomic E-state index is 12.7. The molecule has 5 nitrogen and oxygen atoms in total. The molecule has 0 atom stereocenters. The zero-order valence-corrected chi connectivity index (χ0v) is 12.9. The van der Waals surface area contributed by atoms with E-state index in [0.717, 1.165) is 25.7 Å². The van der Waals surface area contributed by atoms with E-state index in [2.05, 4.69) is 4.98 Å². The average Bonchev–Trinajstić information content (AvgIpc) is 2.83. The Morgan fingerprint density at radius 2 is 1.95 bits per heavy atom. The first kappa shape index (κ1) is 14.8. The van der Waals surface area contributed by atoms with Crippen molar-refractivity contribution in [3.05, 3.63) is 46.5 Å². The van der Waals surface area contributed by atoms with Crippen molar-refractivity contribution in [2.24, 2.45) is 0 Å². The summed E-state index contributed by atoms with van der Waals surface area (Å²) in [6.07, 6.45) is 9.86. The van der Waals surface area contributed by atoms with E-state index in [4.69, 9.17) is 0 Å². The van der Waals surface area contributed by atoms with Gasteiger partial charge in [-0.2, -0.15) is 0 Å². The third-order valence-corrected chi connectivity index (χ3v) is 4.54. The minimum absolute atomic E-state index is 0.149. The van der Waals surface area contributed by atoms with E-state index in [1.54, 1.807) is 30.3 Å². The van der Waals surface area contributed by atoms with Crippen LogP contribution in [0.5, 0.6) is 0 Å². The minimum atomic E-state index is -0.295. The lowest BCUT2D eigenvalue weighted by atomic mass is 10.1. The van der Waals surface area contributed by atoms with E-state index in [-0.39, 0.29) is 23.1 Å². The summed E-state index contributed by atoms with van der Waals surface area (Å²) < 4.78 is 1.42. The molecule has 5 heteroatoms. The third-order valence-electron chi connectivity index (χ3n) is 4.54. The van der Waals surface area contributed by atoms with Gasteiger partial charge >= 0.3 is 0 Å². The van der Waals surface area contributed by atoms with Crippen LogP contribution in [0.4, 0.5) is 0 Å². The van der Waals surface area contributed by atoms with Crippen LogP contribution in [-0.4, -0.2) is 33.3 Å². The molecular formula is C17H21N3O2. The van der Waals surface area contributed by atoms with Crippen molar-refractivity contribution < 1.29 is 4.79 Å². The summed E-state index contributed by atoms with van der Waals surface area (Å²) in [7, 11) is 1.80. The van der Waals surface area contributed by atoms with Crippen molar-refractivity contribution in [3.63, 3.8) is 0 Å². The van der Waals surface area contributed by atoms with E-state index < -0.39 is 0 Å². The summed E-state index contributed by atoms with van der Waals surface area (Å²) in [5, 5.41) is 0. The van der Waals surface area contributed by atoms with E-state index in [0.29, 0.717) is 5.65 Å². The van der Waals surface area contributed by atoms with Gasteiger partial charge in [0, 0.05) is 25.5 Å². The Kier molecular flexibility index (Phi) is 4.22. The normalized spacial score (nSPS) is 16.4. The number of aromatic nitrogens is 2. The fraction of sp³-hybridized carbons (Fsp3) is 0.471. The van der Waals surface area contributed by atoms with E-state index in [1.807, 2.05) is 6.07 Å². The zero-order chi connectivity index (χ0) is 15.5. The van der Waals surface area contributed by atoms with Gasteiger partial charge in [-0.1, -0.05) is 31.7 Å². The molecule has 0 bridgehead atoms. The van der Waals surface area contributed by atoms with Gasteiger partial charge in [0.15, 0.2) is 0 Å². The number of hydrogen-bond donors (Lipinski definition) is 0. The lowest BCUT2D eigenvalue weighted by molar-refractivity contribution is 0.0715. The smallest absolute Gasteiger partial charge is 0.270 e. The number of carbonyl (C=O) groups excluding carboxylic acids is 1. The van der Waals surface area contributed by atoms with Crippen LogP contribution in [0, 0.1) is 0 Å². The van der Waals surface area contributed by atoms with Gasteiger partial charge < -0.3 is 4.90 Å². The van der Waals surface area contributed by atoms with E-state index >= 15 is 0 Å². The van der Waals surface area contributed by atoms with Crippen molar-refractivity contribution in [1.82, 2.24) is 14.3 Å². The Labute approximate surface area is 129 Å². The summed E-state index contributed by atoms with van der Waals surface area (Å²) in [4.78, 5) is 31.2. The molecular weight excluding hydrogens is 278 g/mol. The van der Waals surface area contributed by atoms with Crippen LogP contribution in [0.1, 0.15) is 48.9 Å². The molecule has 2 aromatic rings. The predicted molar refractivity (Wildman–Crippen MR) is 85.0 cm³/mol. The largest absolute Gasteiger partial charge is 0.339 e. The summed E-state index contributed by atoms with van der Waals surface area (Å²) in [5.41, 5.74) is 0.410. The van der Waals surface area contributed by atoms with Gasteiger partial charge in [-0.25, -0.2) is 4.98 Å². The Hall–Kier alpha value is -2.17. The Balaban J connectivity index is 1.91. The van der Waals surface area contributed by atoms with Crippen molar-refractivity contribution in [2.45, 2.75) is 44.6 Å². The molecule has 2 heterocycles. The molecule has 116 valence electrons. The molecule has 0 saturated heterocycles. The number of rotatable bonds is 2. The van der Waals surface area contributed by atoms with Crippen LogP contribution < -0.4 is 5.56 Å². The molecule has 0 radical (unpaired) electrons. The molecule has 3 rings (SSSR count). The maximum Gasteiger partial charge on any atom is 0.270 e. The van der Waals surface area contributed by atoms with Gasteiger partial charge in [0.1, 0.15) is 11.2 Å². The van der Waals surface area contributed by atoms with Crippen LogP contribution in [0.25, 0.3) is 5.65 Å². The lowest BCUT2D eigenvalue weighted by Gasteiger charge is -2.27. The first-order valence-electron chi connectivity index (χ1n) is 7.92. The highest BCUT2D eigenvalue weighted by molar-refractivity contribution is 5.93. The quantitative estimate of drug-likeness (QED) is 0.801. The second kappa shape index (κ2) is 6.30. The van der Waals surface area contributed by atoms with E-state index in [9.17, 15) is 9.59 Å². The fourth-order valence-corrected chi connectivity index (χ4v) is 3.17. The summed E-state index contributed by atoms with van der Waals surface area (Å²) in [6.45, 7) is 0. The molecule has 1 aliphatic rings. The molecule has 1 fully saturated rings. The molecule has 0 aliphatic heterocycles. The highest BCUT2D eigenvalue weighted by atomic mass is 16.2. The van der Waals surface area contributed by atoms with Crippen LogP contribution >= 0.6 is 0 Å². The third kappa shape index (κ3) is 2.75. The van der Waals surface area contributed by atoms with Crippen LogP contribution in [0.2, 0.25) is 0 Å². The highest BCUT2D eigenvalue weighted by Gasteiger charge is 2.24. The number of pyridine rings is 1. The Morgan fingerprint density at radius 3 is 2.68 bits per heavy atom. The van der Waals surface area contributed by atoms with Gasteiger partial charge in [0.25, 0.3) is 11.5 Å². The van der Waals surface area contributed by atoms with E-state index in [1.165, 1.54) is 23.4 Å². The van der Waals surface area contributed by atoms with Gasteiger partial charge in [0.2, 0.25) is 0 Å². The minimum Gasteiger partial charge on any atom is -0.339 e. The highest BCUT2D eigenvalue weighted by Crippen LogP contribution is 2.21. The first-order valence-corrected chi connectivity index (χ1v) is 7.92. The standard InChI is InChI=1S/C17H21N3O2/c1-19(13-8-4-2-3-5-9-13)16(21)14-12-18-15-10-6-7-11-20(15)17(14)22/h6-7,10-13H,2-5,8-9H2,1H3. The SMILES string of the molecule is CN(C(=O)c1cnc2ccccn2c1=O)C1CCCCCC1. The summed E-state index contributed by atoms with van der Waals surface area (Å²) >= 11 is 0. The summed E-state index contributed by atoms with van der Waals surface area (Å²) in [5.74, 6) is -0.220. The second-order valence-electron chi connectivity index (χ2n) is 5.97. The van der Waals surface area contributed by atoms with Gasteiger partial charge in [-0.05, 0) is 25.0 Å². The van der Waals surface area contributed by atoms with Gasteiger partial charge in [0.05, 0.1) is 0 Å². The molecule has 0 aromatic carbocycles. The Bertz CT molecular complexity index is 730. The molecule has 0 unspecified atom stereocenters. The number of hydrogen-bond acceptors (Lipinski definition) is 3. The number of carbonyl (C=O) groups is 1. The topological polar surface area (TPSA) is 54.7 Å². The fourth-order valence-electron chi connectivity index (χ4n) is 3.17. The molecule has 1 saturated carbocycles. The number of amides is 1. The first-order chi connectivity index (χ1) is 10.7. The maximum absolute atomic E-state index is 12.7. The van der Waals surface area contributed by atoms with Crippen LogP contribution in [0.3, 0.4) is 0 Å². The second-order valence-corrected chi connectivity index (χ2v) is 5.97. The lowest BCUT2D eigenvalue weighted by Crippen LogP contribution is -2.39. The molecule has 22 heavy (non-hydrogen) atoms. The van der Waals surface area contributed by atoms with Crippen LogP contribution in [-0.2, 0) is 0 Å². The zero-order valence-electron chi connectivity index (χ0n) is 12.9. The molecule has 0 spiro atoms. The van der Waals surface area contributed by atoms with Crippen molar-refractivity contribution in [1.29, 1.82) is 0 Å². The Morgan fingerprint density at radius 1 is 1.23 bits per heavy atom. The van der Waals surface area contributed by atoms with Gasteiger partial charge in [-0.15, -0.1) is 0 Å². The van der Waals surface area contributed by atoms with Crippen molar-refractivity contribution >= 4 is 11.6 Å². The predicted octanol–water partition coefficient (Wildman–Crippen LogP) is 2.49. The summed E-state index contributed by atoms with van der Waals surface area (Å²) in [6, 6.07) is 5.57. The molecule has 2 aromatic heterocycles.